The van der Waals surface area contributed by atoms with Crippen LogP contribution in [0.15, 0.2) is 36.5 Å². The Morgan fingerprint density at radius 3 is 1.57 bits per heavy atom. The molecule has 2 unspecified atom stereocenters. The van der Waals surface area contributed by atoms with Crippen molar-refractivity contribution in [2.75, 3.05) is 47.5 Å². The standard InChI is InChI=1S/C43H80NO8P/c1-6-8-10-12-14-16-18-19-20-21-22-23-24-26-28-30-32-34-36-43(46)52-41(40-51-53(47,48)50-38-37-44(3,4)5)39-49-42(45)35-33-31-29-27-25-17-15-13-11-9-7-2/h13,15-16,18,20-21,41H,6-12,14,17,19,22-40H2,1-5H3/b15-13-,18-16-,21-20-. The van der Waals surface area contributed by atoms with Crippen molar-refractivity contribution < 1.29 is 42.1 Å². The van der Waals surface area contributed by atoms with E-state index in [4.69, 9.17) is 18.5 Å². The van der Waals surface area contributed by atoms with Gasteiger partial charge in [0.05, 0.1) is 27.7 Å². The van der Waals surface area contributed by atoms with Gasteiger partial charge in [-0.3, -0.25) is 14.2 Å². The average molecular weight is 770 g/mol. The molecule has 310 valence electrons. The van der Waals surface area contributed by atoms with Gasteiger partial charge < -0.3 is 27.9 Å². The fourth-order valence-electron chi connectivity index (χ4n) is 5.49. The molecule has 2 atom stereocenters. The molecule has 0 heterocycles. The van der Waals surface area contributed by atoms with Crippen molar-refractivity contribution in [1.82, 2.24) is 0 Å². The van der Waals surface area contributed by atoms with Gasteiger partial charge in [0.2, 0.25) is 0 Å². The lowest BCUT2D eigenvalue weighted by atomic mass is 10.1. The molecule has 0 radical (unpaired) electrons. The van der Waals surface area contributed by atoms with Gasteiger partial charge in [-0.05, 0) is 64.2 Å². The number of nitrogens with zero attached hydrogens (tertiary/aromatic N) is 1. The lowest BCUT2D eigenvalue weighted by molar-refractivity contribution is -0.870. The van der Waals surface area contributed by atoms with E-state index in [1.807, 2.05) is 21.1 Å². The van der Waals surface area contributed by atoms with Crippen LogP contribution in [-0.2, 0) is 32.7 Å². The van der Waals surface area contributed by atoms with Gasteiger partial charge in [-0.25, -0.2) is 0 Å². The summed E-state index contributed by atoms with van der Waals surface area (Å²) in [6.45, 7) is 4.14. The molecule has 0 aliphatic carbocycles. The Labute approximate surface area is 325 Å². The summed E-state index contributed by atoms with van der Waals surface area (Å²) in [5.41, 5.74) is 0. The first-order valence-corrected chi connectivity index (χ1v) is 22.7. The summed E-state index contributed by atoms with van der Waals surface area (Å²) < 4.78 is 33.8. The maximum absolute atomic E-state index is 12.6. The number of esters is 2. The van der Waals surface area contributed by atoms with Crippen LogP contribution in [-0.4, -0.2) is 70.0 Å². The van der Waals surface area contributed by atoms with Crippen molar-refractivity contribution >= 4 is 19.8 Å². The number of phosphoric acid groups is 1. The molecule has 0 aliphatic heterocycles. The van der Waals surface area contributed by atoms with Gasteiger partial charge in [0.25, 0.3) is 7.82 Å². The largest absolute Gasteiger partial charge is 0.756 e. The van der Waals surface area contributed by atoms with Crippen LogP contribution in [0.2, 0.25) is 0 Å². The van der Waals surface area contributed by atoms with E-state index in [0.29, 0.717) is 17.4 Å². The van der Waals surface area contributed by atoms with Crippen molar-refractivity contribution in [2.24, 2.45) is 0 Å². The number of rotatable bonds is 38. The Balaban J connectivity index is 4.38. The van der Waals surface area contributed by atoms with Crippen molar-refractivity contribution in [1.29, 1.82) is 0 Å². The molecule has 0 amide bonds. The first kappa shape index (κ1) is 51.2. The molecular weight excluding hydrogens is 689 g/mol. The fraction of sp³-hybridized carbons (Fsp3) is 0.814. The molecule has 0 N–H and O–H groups in total. The van der Waals surface area contributed by atoms with E-state index in [2.05, 4.69) is 50.3 Å². The molecular formula is C43H80NO8P. The zero-order valence-electron chi connectivity index (χ0n) is 34.7. The van der Waals surface area contributed by atoms with Crippen LogP contribution in [0.5, 0.6) is 0 Å². The third-order valence-electron chi connectivity index (χ3n) is 8.88. The fourth-order valence-corrected chi connectivity index (χ4v) is 6.22. The number of ether oxygens (including phenoxy) is 2. The lowest BCUT2D eigenvalue weighted by Crippen LogP contribution is -2.37. The quantitative estimate of drug-likeness (QED) is 0.0201. The number of hydrogen-bond donors (Lipinski definition) is 0. The van der Waals surface area contributed by atoms with E-state index < -0.39 is 32.5 Å². The van der Waals surface area contributed by atoms with Gasteiger partial charge in [0, 0.05) is 12.8 Å². The monoisotopic (exact) mass is 770 g/mol. The Morgan fingerprint density at radius 2 is 1.04 bits per heavy atom. The molecule has 0 fully saturated rings. The molecule has 0 spiro atoms. The summed E-state index contributed by atoms with van der Waals surface area (Å²) in [5.74, 6) is -0.856. The number of hydrogen-bond acceptors (Lipinski definition) is 8. The second-order valence-electron chi connectivity index (χ2n) is 15.3. The third-order valence-corrected chi connectivity index (χ3v) is 9.85. The van der Waals surface area contributed by atoms with Crippen LogP contribution in [0, 0.1) is 0 Å². The maximum atomic E-state index is 12.6. The normalized spacial score (nSPS) is 14.0. The SMILES string of the molecule is CCCC/C=C\CCCCCCCC(=O)OCC(COP(=O)([O-])OCC[N+](C)(C)C)OC(=O)CCCCCCCCC/C=C\C/C=C\CCCCCC. The van der Waals surface area contributed by atoms with Gasteiger partial charge in [-0.1, -0.05) is 134 Å². The second kappa shape index (κ2) is 35.9. The molecule has 0 rings (SSSR count). The van der Waals surface area contributed by atoms with Gasteiger partial charge in [0.1, 0.15) is 19.8 Å². The van der Waals surface area contributed by atoms with Crippen molar-refractivity contribution in [3.05, 3.63) is 36.5 Å². The zero-order chi connectivity index (χ0) is 39.3. The summed E-state index contributed by atoms with van der Waals surface area (Å²) in [5, 5.41) is 0. The van der Waals surface area contributed by atoms with E-state index in [-0.39, 0.29) is 26.1 Å². The number of quaternary nitrogens is 1. The van der Waals surface area contributed by atoms with Crippen LogP contribution >= 0.6 is 7.82 Å². The Bertz CT molecular complexity index is 1010. The predicted molar refractivity (Wildman–Crippen MR) is 217 cm³/mol. The maximum Gasteiger partial charge on any atom is 0.306 e. The first-order valence-electron chi connectivity index (χ1n) is 21.2. The van der Waals surface area contributed by atoms with E-state index in [1.165, 1.54) is 64.2 Å². The van der Waals surface area contributed by atoms with Crippen LogP contribution in [0.1, 0.15) is 174 Å². The van der Waals surface area contributed by atoms with Crippen LogP contribution < -0.4 is 4.89 Å². The Hall–Kier alpha value is -1.77. The summed E-state index contributed by atoms with van der Waals surface area (Å²) in [7, 11) is 1.15. The van der Waals surface area contributed by atoms with Crippen LogP contribution in [0.25, 0.3) is 0 Å². The summed E-state index contributed by atoms with van der Waals surface area (Å²) in [6, 6.07) is 0. The number of carbonyl (C=O) groups excluding carboxylic acids is 2. The smallest absolute Gasteiger partial charge is 0.306 e. The molecule has 0 aromatic carbocycles. The third kappa shape index (κ3) is 39.7. The number of phosphoric ester groups is 1. The Morgan fingerprint density at radius 1 is 0.585 bits per heavy atom. The highest BCUT2D eigenvalue weighted by Gasteiger charge is 2.21. The highest BCUT2D eigenvalue weighted by Crippen LogP contribution is 2.38. The molecule has 9 nitrogen and oxygen atoms in total. The van der Waals surface area contributed by atoms with E-state index >= 15 is 0 Å². The average Bonchev–Trinajstić information content (AvgIpc) is 3.10. The first-order chi connectivity index (χ1) is 25.5. The van der Waals surface area contributed by atoms with Crippen LogP contribution in [0.3, 0.4) is 0 Å². The van der Waals surface area contributed by atoms with Crippen molar-refractivity contribution in [3.8, 4) is 0 Å². The molecule has 53 heavy (non-hydrogen) atoms. The molecule has 0 aromatic rings. The minimum atomic E-state index is -4.62. The van der Waals surface area contributed by atoms with Gasteiger partial charge in [0.15, 0.2) is 6.10 Å². The number of likely N-dealkylation sites (N-methyl/N-ethyl adjacent to an activating group) is 1. The van der Waals surface area contributed by atoms with Gasteiger partial charge >= 0.3 is 11.9 Å². The molecule has 10 heteroatoms. The molecule has 0 aliphatic rings. The lowest BCUT2D eigenvalue weighted by Gasteiger charge is -2.28. The highest BCUT2D eigenvalue weighted by atomic mass is 31.2. The topological polar surface area (TPSA) is 111 Å². The van der Waals surface area contributed by atoms with Gasteiger partial charge in [-0.2, -0.15) is 0 Å². The van der Waals surface area contributed by atoms with E-state index in [9.17, 15) is 19.0 Å². The summed E-state index contributed by atoms with van der Waals surface area (Å²) in [6.07, 6.45) is 38.8. The van der Waals surface area contributed by atoms with Gasteiger partial charge in [-0.15, -0.1) is 0 Å². The minimum absolute atomic E-state index is 0.0341. The molecule has 0 saturated carbocycles. The number of allylic oxidation sites excluding steroid dienone is 6. The number of carbonyl (C=O) groups is 2. The Kier molecular flexibility index (Phi) is 34.7. The summed E-state index contributed by atoms with van der Waals surface area (Å²) in [4.78, 5) is 37.4. The zero-order valence-corrected chi connectivity index (χ0v) is 35.6. The molecule has 0 bridgehead atoms. The molecule has 0 saturated heterocycles. The van der Waals surface area contributed by atoms with Crippen molar-refractivity contribution in [3.63, 3.8) is 0 Å². The van der Waals surface area contributed by atoms with Crippen LogP contribution in [0.4, 0.5) is 0 Å². The van der Waals surface area contributed by atoms with E-state index in [0.717, 1.165) is 77.0 Å². The van der Waals surface area contributed by atoms with Crippen molar-refractivity contribution in [2.45, 2.75) is 180 Å². The molecule has 0 aromatic heterocycles. The second-order valence-corrected chi connectivity index (χ2v) is 16.8. The summed E-state index contributed by atoms with van der Waals surface area (Å²) >= 11 is 0. The predicted octanol–water partition coefficient (Wildman–Crippen LogP) is 11.1. The van der Waals surface area contributed by atoms with E-state index in [1.54, 1.807) is 0 Å². The minimum Gasteiger partial charge on any atom is -0.756 e. The highest BCUT2D eigenvalue weighted by molar-refractivity contribution is 7.45. The number of unbranched alkanes of at least 4 members (excludes halogenated alkanes) is 18.